The van der Waals surface area contributed by atoms with Gasteiger partial charge in [0.05, 0.1) is 29.0 Å². The lowest BCUT2D eigenvalue weighted by molar-refractivity contribution is 0.0528. The highest BCUT2D eigenvalue weighted by Gasteiger charge is 2.20. The molecular formula is C11H10ClFN2O2. The maximum Gasteiger partial charge on any atom is 0.342 e. The molecule has 2 aromatic heterocycles. The lowest BCUT2D eigenvalue weighted by Gasteiger charge is -2.02. The molecule has 0 amide bonds. The van der Waals surface area contributed by atoms with E-state index in [0.717, 1.165) is 12.3 Å². The Morgan fingerprint density at radius 3 is 3.00 bits per heavy atom. The summed E-state index contributed by atoms with van der Waals surface area (Å²) in [6.07, 6.45) is 1.16. The minimum absolute atomic E-state index is 0.133. The van der Waals surface area contributed by atoms with Gasteiger partial charge in [-0.3, -0.25) is 0 Å². The first-order valence-corrected chi connectivity index (χ1v) is 5.43. The fourth-order valence-corrected chi connectivity index (χ4v) is 1.95. The molecule has 0 N–H and O–H groups in total. The SMILES string of the molecule is CCOC(=O)c1c(C)nn2cc(F)cc(Cl)c12. The number of esters is 1. The average molecular weight is 257 g/mol. The minimum Gasteiger partial charge on any atom is -0.462 e. The van der Waals surface area contributed by atoms with E-state index >= 15 is 0 Å². The Morgan fingerprint density at radius 2 is 2.35 bits per heavy atom. The van der Waals surface area contributed by atoms with Crippen molar-refractivity contribution in [2.75, 3.05) is 6.61 Å². The second-order valence-electron chi connectivity index (χ2n) is 3.48. The Labute approximate surface area is 102 Å². The quantitative estimate of drug-likeness (QED) is 0.776. The lowest BCUT2D eigenvalue weighted by Crippen LogP contribution is -2.06. The Kier molecular flexibility index (Phi) is 3.02. The number of ether oxygens (including phenoxy) is 1. The number of halogens is 2. The van der Waals surface area contributed by atoms with E-state index in [1.807, 2.05) is 0 Å². The molecule has 0 bridgehead atoms. The van der Waals surface area contributed by atoms with Crippen molar-refractivity contribution < 1.29 is 13.9 Å². The van der Waals surface area contributed by atoms with E-state index in [2.05, 4.69) is 5.10 Å². The van der Waals surface area contributed by atoms with Crippen LogP contribution in [0.15, 0.2) is 12.3 Å². The summed E-state index contributed by atoms with van der Waals surface area (Å²) in [5.74, 6) is -1.02. The number of fused-ring (bicyclic) bond motifs is 1. The van der Waals surface area contributed by atoms with Crippen LogP contribution in [0.25, 0.3) is 5.52 Å². The van der Waals surface area contributed by atoms with Gasteiger partial charge in [0, 0.05) is 0 Å². The van der Waals surface area contributed by atoms with Crippen molar-refractivity contribution in [2.45, 2.75) is 13.8 Å². The van der Waals surface area contributed by atoms with Crippen LogP contribution in [0.5, 0.6) is 0 Å². The number of rotatable bonds is 2. The van der Waals surface area contributed by atoms with Gasteiger partial charge in [0.25, 0.3) is 0 Å². The number of nitrogens with zero attached hydrogens (tertiary/aromatic N) is 2. The van der Waals surface area contributed by atoms with E-state index in [1.54, 1.807) is 13.8 Å². The molecule has 0 aromatic carbocycles. The number of hydrogen-bond donors (Lipinski definition) is 0. The first-order valence-electron chi connectivity index (χ1n) is 5.05. The van der Waals surface area contributed by atoms with Crippen molar-refractivity contribution in [3.63, 3.8) is 0 Å². The lowest BCUT2D eigenvalue weighted by atomic mass is 10.2. The molecule has 2 heterocycles. The predicted octanol–water partition coefficient (Wildman–Crippen LogP) is 2.61. The molecule has 0 saturated carbocycles. The Hall–Kier alpha value is -1.62. The third-order valence-corrected chi connectivity index (χ3v) is 2.59. The van der Waals surface area contributed by atoms with Gasteiger partial charge < -0.3 is 4.74 Å². The van der Waals surface area contributed by atoms with Crippen LogP contribution < -0.4 is 0 Å². The van der Waals surface area contributed by atoms with E-state index in [4.69, 9.17) is 16.3 Å². The highest BCUT2D eigenvalue weighted by molar-refractivity contribution is 6.34. The number of hydrogen-bond acceptors (Lipinski definition) is 3. The van der Waals surface area contributed by atoms with Crippen LogP contribution in [0.3, 0.4) is 0 Å². The van der Waals surface area contributed by atoms with Crippen molar-refractivity contribution in [2.24, 2.45) is 0 Å². The van der Waals surface area contributed by atoms with Gasteiger partial charge in [-0.15, -0.1) is 0 Å². The van der Waals surface area contributed by atoms with Gasteiger partial charge in [0.2, 0.25) is 0 Å². The Bertz CT molecular complexity index is 595. The first kappa shape index (κ1) is 11.9. The molecule has 0 unspecified atom stereocenters. The molecule has 0 aliphatic heterocycles. The monoisotopic (exact) mass is 256 g/mol. The zero-order valence-electron chi connectivity index (χ0n) is 9.33. The Balaban J connectivity index is 2.71. The molecule has 2 aromatic rings. The van der Waals surface area contributed by atoms with E-state index < -0.39 is 11.8 Å². The van der Waals surface area contributed by atoms with Gasteiger partial charge in [-0.05, 0) is 19.9 Å². The maximum atomic E-state index is 13.1. The van der Waals surface area contributed by atoms with Crippen molar-refractivity contribution in [1.29, 1.82) is 0 Å². The summed E-state index contributed by atoms with van der Waals surface area (Å²) < 4.78 is 19.3. The van der Waals surface area contributed by atoms with E-state index in [1.165, 1.54) is 4.52 Å². The standard InChI is InChI=1S/C11H10ClFN2O2/c1-3-17-11(16)9-6(2)14-15-5-7(13)4-8(12)10(9)15/h4-5H,3H2,1-2H3. The molecular weight excluding hydrogens is 247 g/mol. The first-order chi connectivity index (χ1) is 8.04. The molecule has 2 rings (SSSR count). The van der Waals surface area contributed by atoms with Crippen LogP contribution in [0, 0.1) is 12.7 Å². The molecule has 6 heteroatoms. The average Bonchev–Trinajstić information content (AvgIpc) is 2.54. The van der Waals surface area contributed by atoms with Crippen LogP contribution in [0.2, 0.25) is 5.02 Å². The molecule has 90 valence electrons. The topological polar surface area (TPSA) is 43.6 Å². The van der Waals surface area contributed by atoms with Gasteiger partial charge in [-0.1, -0.05) is 11.6 Å². The van der Waals surface area contributed by atoms with Gasteiger partial charge >= 0.3 is 5.97 Å². The van der Waals surface area contributed by atoms with E-state index in [0.29, 0.717) is 11.2 Å². The fraction of sp³-hybridized carbons (Fsp3) is 0.273. The molecule has 17 heavy (non-hydrogen) atoms. The minimum atomic E-state index is -0.514. The summed E-state index contributed by atoms with van der Waals surface area (Å²) in [6, 6.07) is 1.14. The Morgan fingerprint density at radius 1 is 1.65 bits per heavy atom. The summed E-state index contributed by atoms with van der Waals surface area (Å²) in [4.78, 5) is 11.7. The molecule has 0 atom stereocenters. The highest BCUT2D eigenvalue weighted by Crippen LogP contribution is 2.25. The van der Waals surface area contributed by atoms with Gasteiger partial charge in [0.1, 0.15) is 11.4 Å². The van der Waals surface area contributed by atoms with Crippen molar-refractivity contribution >= 4 is 23.1 Å². The summed E-state index contributed by atoms with van der Waals surface area (Å²) in [6.45, 7) is 3.61. The molecule has 0 fully saturated rings. The van der Waals surface area contributed by atoms with Crippen molar-refractivity contribution in [1.82, 2.24) is 9.61 Å². The molecule has 0 aliphatic carbocycles. The predicted molar refractivity (Wildman–Crippen MR) is 60.9 cm³/mol. The van der Waals surface area contributed by atoms with Gasteiger partial charge in [-0.2, -0.15) is 5.10 Å². The van der Waals surface area contributed by atoms with Crippen molar-refractivity contribution in [3.8, 4) is 0 Å². The van der Waals surface area contributed by atoms with Crippen molar-refractivity contribution in [3.05, 3.63) is 34.4 Å². The molecule has 4 nitrogen and oxygen atoms in total. The third kappa shape index (κ3) is 1.98. The number of carbonyl (C=O) groups is 1. The zero-order chi connectivity index (χ0) is 12.6. The second-order valence-corrected chi connectivity index (χ2v) is 3.89. The van der Waals surface area contributed by atoms with Crippen LogP contribution >= 0.6 is 11.6 Å². The van der Waals surface area contributed by atoms with Gasteiger partial charge in [0.15, 0.2) is 0 Å². The van der Waals surface area contributed by atoms with Crippen LogP contribution in [0.4, 0.5) is 4.39 Å². The van der Waals surface area contributed by atoms with E-state index in [-0.39, 0.29) is 17.2 Å². The molecule has 0 saturated heterocycles. The number of aryl methyl sites for hydroxylation is 1. The molecule has 0 radical (unpaired) electrons. The van der Waals surface area contributed by atoms with Gasteiger partial charge in [-0.25, -0.2) is 13.7 Å². The smallest absolute Gasteiger partial charge is 0.342 e. The van der Waals surface area contributed by atoms with E-state index in [9.17, 15) is 9.18 Å². The summed E-state index contributed by atoms with van der Waals surface area (Å²) in [5.41, 5.74) is 1.09. The zero-order valence-corrected chi connectivity index (χ0v) is 10.1. The number of pyridine rings is 1. The third-order valence-electron chi connectivity index (χ3n) is 2.30. The fourth-order valence-electron chi connectivity index (χ4n) is 1.66. The van der Waals surface area contributed by atoms with Crippen LogP contribution in [-0.2, 0) is 4.74 Å². The summed E-state index contributed by atoms with van der Waals surface area (Å²) >= 11 is 5.92. The summed E-state index contributed by atoms with van der Waals surface area (Å²) in [7, 11) is 0. The van der Waals surface area contributed by atoms with Crippen LogP contribution in [0.1, 0.15) is 23.0 Å². The van der Waals surface area contributed by atoms with Crippen LogP contribution in [-0.4, -0.2) is 22.2 Å². The second kappa shape index (κ2) is 4.33. The maximum absolute atomic E-state index is 13.1. The molecule has 0 spiro atoms. The number of aromatic nitrogens is 2. The molecule has 0 aliphatic rings. The largest absolute Gasteiger partial charge is 0.462 e. The highest BCUT2D eigenvalue weighted by atomic mass is 35.5. The number of carbonyl (C=O) groups excluding carboxylic acids is 1. The summed E-state index contributed by atoms with van der Waals surface area (Å²) in [5, 5.41) is 4.16. The normalized spacial score (nSPS) is 10.8.